The summed E-state index contributed by atoms with van der Waals surface area (Å²) < 4.78 is 0. The molecule has 0 unspecified atom stereocenters. The quantitative estimate of drug-likeness (QED) is 0.569. The maximum absolute atomic E-state index is 8.73. The summed E-state index contributed by atoms with van der Waals surface area (Å²) in [5, 5.41) is 8.73. The molecule has 0 heterocycles. The Morgan fingerprint density at radius 2 is 1.85 bits per heavy atom. The Morgan fingerprint density at radius 1 is 1.23 bits per heavy atom. The van der Waals surface area contributed by atoms with Gasteiger partial charge in [0.25, 0.3) is 0 Å². The standard InChI is InChI=1S/C11H16O2/c1-9(2)8-11(13-12)10-6-4-3-5-7-10/h3-7,9,11-12H,8H2,1-2H3/t11-/m0/s1. The van der Waals surface area contributed by atoms with Crippen LogP contribution in [0.1, 0.15) is 31.9 Å². The topological polar surface area (TPSA) is 29.5 Å². The van der Waals surface area contributed by atoms with Gasteiger partial charge in [0.15, 0.2) is 0 Å². The highest BCUT2D eigenvalue weighted by molar-refractivity contribution is 5.17. The molecule has 1 rings (SSSR count). The highest BCUT2D eigenvalue weighted by Gasteiger charge is 2.12. The molecule has 0 bridgehead atoms. The number of hydrogen-bond donors (Lipinski definition) is 1. The van der Waals surface area contributed by atoms with Gasteiger partial charge in [-0.05, 0) is 17.9 Å². The van der Waals surface area contributed by atoms with E-state index in [2.05, 4.69) is 18.7 Å². The second-order valence-corrected chi connectivity index (χ2v) is 3.63. The lowest BCUT2D eigenvalue weighted by Gasteiger charge is -2.15. The van der Waals surface area contributed by atoms with E-state index in [9.17, 15) is 0 Å². The zero-order valence-corrected chi connectivity index (χ0v) is 8.10. The Hall–Kier alpha value is -0.860. The van der Waals surface area contributed by atoms with Gasteiger partial charge in [0, 0.05) is 0 Å². The van der Waals surface area contributed by atoms with Gasteiger partial charge in [-0.25, -0.2) is 4.89 Å². The maximum Gasteiger partial charge on any atom is 0.118 e. The predicted molar refractivity (Wildman–Crippen MR) is 52.4 cm³/mol. The van der Waals surface area contributed by atoms with Crippen LogP contribution < -0.4 is 0 Å². The molecule has 13 heavy (non-hydrogen) atoms. The fraction of sp³-hybridized carbons (Fsp3) is 0.455. The summed E-state index contributed by atoms with van der Waals surface area (Å²) in [6.45, 7) is 4.21. The Labute approximate surface area is 79.1 Å². The normalized spacial score (nSPS) is 13.2. The van der Waals surface area contributed by atoms with Gasteiger partial charge in [-0.15, -0.1) is 0 Å². The van der Waals surface area contributed by atoms with E-state index in [4.69, 9.17) is 5.26 Å². The van der Waals surface area contributed by atoms with Crippen molar-refractivity contribution in [3.63, 3.8) is 0 Å². The van der Waals surface area contributed by atoms with Crippen LogP contribution in [-0.4, -0.2) is 5.26 Å². The lowest BCUT2D eigenvalue weighted by Crippen LogP contribution is -2.05. The molecule has 0 saturated carbocycles. The second kappa shape index (κ2) is 5.00. The van der Waals surface area contributed by atoms with E-state index in [-0.39, 0.29) is 6.10 Å². The minimum absolute atomic E-state index is 0.193. The molecule has 0 amide bonds. The van der Waals surface area contributed by atoms with Crippen molar-refractivity contribution >= 4 is 0 Å². The van der Waals surface area contributed by atoms with Crippen LogP contribution in [-0.2, 0) is 4.89 Å². The van der Waals surface area contributed by atoms with Crippen LogP contribution in [0.25, 0.3) is 0 Å². The first-order valence-corrected chi connectivity index (χ1v) is 4.59. The molecule has 0 aliphatic carbocycles. The molecule has 0 spiro atoms. The Balaban J connectivity index is 2.67. The van der Waals surface area contributed by atoms with Crippen molar-refractivity contribution in [2.75, 3.05) is 0 Å². The molecule has 1 atom stereocenters. The summed E-state index contributed by atoms with van der Waals surface area (Å²) in [5.41, 5.74) is 1.03. The molecule has 0 fully saturated rings. The molecule has 2 nitrogen and oxygen atoms in total. The van der Waals surface area contributed by atoms with Crippen molar-refractivity contribution in [3.05, 3.63) is 35.9 Å². The number of rotatable bonds is 4. The average Bonchev–Trinajstić information content (AvgIpc) is 2.15. The van der Waals surface area contributed by atoms with Crippen molar-refractivity contribution in [2.24, 2.45) is 5.92 Å². The summed E-state index contributed by atoms with van der Waals surface area (Å²) >= 11 is 0. The van der Waals surface area contributed by atoms with Gasteiger partial charge in [-0.2, -0.15) is 0 Å². The molecule has 1 aromatic rings. The molecule has 0 radical (unpaired) electrons. The van der Waals surface area contributed by atoms with Crippen LogP contribution in [0.4, 0.5) is 0 Å². The highest BCUT2D eigenvalue weighted by atomic mass is 17.1. The third kappa shape index (κ3) is 3.17. The van der Waals surface area contributed by atoms with Crippen molar-refractivity contribution in [1.29, 1.82) is 0 Å². The van der Waals surface area contributed by atoms with Gasteiger partial charge in [0.05, 0.1) is 0 Å². The summed E-state index contributed by atoms with van der Waals surface area (Å²) in [6.07, 6.45) is 0.641. The zero-order chi connectivity index (χ0) is 9.68. The fourth-order valence-corrected chi connectivity index (χ4v) is 1.34. The second-order valence-electron chi connectivity index (χ2n) is 3.63. The van der Waals surface area contributed by atoms with Crippen LogP contribution in [0, 0.1) is 5.92 Å². The minimum Gasteiger partial charge on any atom is -0.251 e. The van der Waals surface area contributed by atoms with E-state index in [0.717, 1.165) is 12.0 Å². The van der Waals surface area contributed by atoms with Crippen LogP contribution in [0.3, 0.4) is 0 Å². The largest absolute Gasteiger partial charge is 0.251 e. The van der Waals surface area contributed by atoms with Crippen molar-refractivity contribution in [1.82, 2.24) is 0 Å². The molecular weight excluding hydrogens is 164 g/mol. The first-order chi connectivity index (χ1) is 6.24. The van der Waals surface area contributed by atoms with Gasteiger partial charge in [0.2, 0.25) is 0 Å². The molecule has 0 aromatic heterocycles. The Morgan fingerprint density at radius 3 is 2.31 bits per heavy atom. The number of hydrogen-bond acceptors (Lipinski definition) is 2. The van der Waals surface area contributed by atoms with Crippen molar-refractivity contribution in [2.45, 2.75) is 26.4 Å². The molecular formula is C11H16O2. The lowest BCUT2D eigenvalue weighted by atomic mass is 10.00. The van der Waals surface area contributed by atoms with E-state index in [0.29, 0.717) is 5.92 Å². The van der Waals surface area contributed by atoms with Gasteiger partial charge >= 0.3 is 0 Å². The smallest absolute Gasteiger partial charge is 0.118 e. The van der Waals surface area contributed by atoms with E-state index in [1.54, 1.807) is 0 Å². The fourth-order valence-electron chi connectivity index (χ4n) is 1.34. The van der Waals surface area contributed by atoms with Crippen LogP contribution in [0.2, 0.25) is 0 Å². The third-order valence-corrected chi connectivity index (χ3v) is 1.98. The summed E-state index contributed by atoms with van der Waals surface area (Å²) in [6, 6.07) is 9.77. The number of benzene rings is 1. The van der Waals surface area contributed by atoms with Gasteiger partial charge in [-0.1, -0.05) is 44.2 Å². The van der Waals surface area contributed by atoms with Crippen LogP contribution in [0.15, 0.2) is 30.3 Å². The summed E-state index contributed by atoms with van der Waals surface area (Å²) in [4.78, 5) is 4.45. The molecule has 72 valence electrons. The maximum atomic E-state index is 8.73. The Kier molecular flexibility index (Phi) is 3.93. The van der Waals surface area contributed by atoms with E-state index in [1.165, 1.54) is 0 Å². The van der Waals surface area contributed by atoms with Crippen molar-refractivity contribution in [3.8, 4) is 0 Å². The minimum atomic E-state index is -0.193. The molecule has 0 aliphatic heterocycles. The molecule has 1 aromatic carbocycles. The molecule has 0 aliphatic rings. The van der Waals surface area contributed by atoms with E-state index >= 15 is 0 Å². The van der Waals surface area contributed by atoms with Gasteiger partial charge < -0.3 is 0 Å². The average molecular weight is 180 g/mol. The highest BCUT2D eigenvalue weighted by Crippen LogP contribution is 2.23. The Bertz CT molecular complexity index is 231. The lowest BCUT2D eigenvalue weighted by molar-refractivity contribution is -0.284. The monoisotopic (exact) mass is 180 g/mol. The first-order valence-electron chi connectivity index (χ1n) is 4.59. The predicted octanol–water partition coefficient (Wildman–Crippen LogP) is 3.26. The van der Waals surface area contributed by atoms with Crippen LogP contribution in [0.5, 0.6) is 0 Å². The van der Waals surface area contributed by atoms with E-state index in [1.807, 2.05) is 30.3 Å². The molecule has 2 heteroatoms. The van der Waals surface area contributed by atoms with Gasteiger partial charge in [0.1, 0.15) is 6.10 Å². The SMILES string of the molecule is CC(C)C[C@H](OO)c1ccccc1. The van der Waals surface area contributed by atoms with E-state index < -0.39 is 0 Å². The third-order valence-electron chi connectivity index (χ3n) is 1.98. The zero-order valence-electron chi connectivity index (χ0n) is 8.10. The molecule has 0 saturated heterocycles. The first kappa shape index (κ1) is 10.2. The summed E-state index contributed by atoms with van der Waals surface area (Å²) in [5.74, 6) is 0.511. The van der Waals surface area contributed by atoms with Crippen molar-refractivity contribution < 1.29 is 10.1 Å². The van der Waals surface area contributed by atoms with Gasteiger partial charge in [-0.3, -0.25) is 5.26 Å². The summed E-state index contributed by atoms with van der Waals surface area (Å²) in [7, 11) is 0. The molecule has 1 N–H and O–H groups in total. The van der Waals surface area contributed by atoms with Crippen LogP contribution >= 0.6 is 0 Å².